The first-order valence-electron chi connectivity index (χ1n) is 20.8. The number of carbonyl (C=O) groups is 2. The first kappa shape index (κ1) is 48.8. The lowest BCUT2D eigenvalue weighted by atomic mass is 10.1. The van der Waals surface area contributed by atoms with E-state index in [1.165, 1.54) is 64.2 Å². The van der Waals surface area contributed by atoms with E-state index in [2.05, 4.69) is 69.4 Å². The van der Waals surface area contributed by atoms with Gasteiger partial charge in [-0.25, -0.2) is 0 Å². The van der Waals surface area contributed by atoms with Gasteiger partial charge < -0.3 is 24.1 Å². The molecule has 7 nitrogen and oxygen atoms in total. The zero-order valence-corrected chi connectivity index (χ0v) is 33.2. The van der Waals surface area contributed by atoms with E-state index in [0.29, 0.717) is 26.1 Å². The van der Waals surface area contributed by atoms with Crippen LogP contribution in [0.4, 0.5) is 0 Å². The minimum atomic E-state index is -0.416. The molecule has 0 saturated carbocycles. The van der Waals surface area contributed by atoms with Gasteiger partial charge in [0.15, 0.2) is 6.29 Å². The minimum Gasteiger partial charge on any atom is -0.465 e. The number of aliphatic hydroxyl groups is 1. The molecule has 0 amide bonds. The molecule has 0 spiro atoms. The van der Waals surface area contributed by atoms with Crippen molar-refractivity contribution in [3.8, 4) is 0 Å². The molecule has 7 heteroatoms. The van der Waals surface area contributed by atoms with E-state index in [9.17, 15) is 14.7 Å². The fourth-order valence-electron chi connectivity index (χ4n) is 5.25. The predicted octanol–water partition coefficient (Wildman–Crippen LogP) is 11.7. The maximum atomic E-state index is 12.4. The summed E-state index contributed by atoms with van der Waals surface area (Å²) in [4.78, 5) is 24.5. The zero-order chi connectivity index (χ0) is 37.3. The number of unbranched alkanes of at least 4 members (excludes halogenated alkanes) is 13. The molecule has 0 aromatic rings. The van der Waals surface area contributed by atoms with Crippen molar-refractivity contribution in [2.24, 2.45) is 5.92 Å². The van der Waals surface area contributed by atoms with Gasteiger partial charge >= 0.3 is 11.9 Å². The van der Waals surface area contributed by atoms with Gasteiger partial charge in [-0.2, -0.15) is 0 Å². The highest BCUT2D eigenvalue weighted by Crippen LogP contribution is 2.13. The normalized spacial score (nSPS) is 12.7. The van der Waals surface area contributed by atoms with Gasteiger partial charge in [0, 0.05) is 12.8 Å². The Hall–Kier alpha value is -2.22. The summed E-state index contributed by atoms with van der Waals surface area (Å²) in [6.07, 6.45) is 41.7. The number of carbonyl (C=O) groups excluding carboxylic acids is 2. The molecular formula is C44H78O7. The molecule has 0 rings (SSSR count). The summed E-state index contributed by atoms with van der Waals surface area (Å²) in [5.74, 6) is -0.983. The molecule has 0 bridgehead atoms. The smallest absolute Gasteiger partial charge is 0.305 e. The summed E-state index contributed by atoms with van der Waals surface area (Å²) in [7, 11) is 0. The molecule has 0 fully saturated rings. The average Bonchev–Trinajstić information content (AvgIpc) is 3.13. The average molecular weight is 719 g/mol. The van der Waals surface area contributed by atoms with Gasteiger partial charge in [0.1, 0.15) is 0 Å². The quantitative estimate of drug-likeness (QED) is 0.0294. The molecule has 0 saturated heterocycles. The molecule has 1 unspecified atom stereocenters. The molecule has 0 radical (unpaired) electrons. The second-order valence-corrected chi connectivity index (χ2v) is 13.6. The molecule has 1 N–H and O–H groups in total. The third kappa shape index (κ3) is 37.3. The Bertz CT molecular complexity index is 855. The molecule has 0 aliphatic heterocycles. The highest BCUT2D eigenvalue weighted by molar-refractivity contribution is 5.69. The zero-order valence-electron chi connectivity index (χ0n) is 33.2. The number of rotatable bonds is 38. The van der Waals surface area contributed by atoms with E-state index in [-0.39, 0.29) is 44.5 Å². The second-order valence-electron chi connectivity index (χ2n) is 13.6. The van der Waals surface area contributed by atoms with Gasteiger partial charge in [-0.15, -0.1) is 0 Å². The molecular weight excluding hydrogens is 640 g/mol. The van der Waals surface area contributed by atoms with Crippen LogP contribution in [0.3, 0.4) is 0 Å². The Kier molecular flexibility index (Phi) is 38.8. The van der Waals surface area contributed by atoms with Crippen molar-refractivity contribution in [1.29, 1.82) is 0 Å². The lowest BCUT2D eigenvalue weighted by molar-refractivity contribution is -0.151. The van der Waals surface area contributed by atoms with Crippen molar-refractivity contribution in [3.05, 3.63) is 48.6 Å². The van der Waals surface area contributed by atoms with E-state index in [1.807, 2.05) is 0 Å². The molecule has 296 valence electrons. The number of hydrogen-bond acceptors (Lipinski definition) is 7. The van der Waals surface area contributed by atoms with Gasteiger partial charge in [0.05, 0.1) is 39.0 Å². The Balaban J connectivity index is 4.08. The van der Waals surface area contributed by atoms with Crippen LogP contribution in [0, 0.1) is 5.92 Å². The van der Waals surface area contributed by atoms with Crippen molar-refractivity contribution in [2.45, 2.75) is 181 Å². The van der Waals surface area contributed by atoms with Crippen LogP contribution in [-0.2, 0) is 28.5 Å². The summed E-state index contributed by atoms with van der Waals surface area (Å²) in [6, 6.07) is 0. The fourth-order valence-corrected chi connectivity index (χ4v) is 5.25. The Morgan fingerprint density at radius 2 is 0.941 bits per heavy atom. The maximum absolute atomic E-state index is 12.4. The lowest BCUT2D eigenvalue weighted by Crippen LogP contribution is -2.23. The lowest BCUT2D eigenvalue weighted by Gasteiger charge is -2.18. The molecule has 0 aliphatic rings. The molecule has 0 heterocycles. The number of allylic oxidation sites excluding steroid dienone is 6. The monoisotopic (exact) mass is 719 g/mol. The van der Waals surface area contributed by atoms with Crippen molar-refractivity contribution < 1.29 is 33.6 Å². The van der Waals surface area contributed by atoms with Crippen LogP contribution in [-0.4, -0.2) is 56.4 Å². The SMILES string of the molecule is CCCC/C=C\CCOC(CCCCC(=O)OCC(CO)COC(=O)CCCCCCC/C=C\C/C=C\CCCCC)OCC/C=C\CCCC. The molecule has 0 aromatic carbocycles. The third-order valence-electron chi connectivity index (χ3n) is 8.58. The summed E-state index contributed by atoms with van der Waals surface area (Å²) in [5, 5.41) is 9.70. The van der Waals surface area contributed by atoms with Crippen LogP contribution in [0.15, 0.2) is 48.6 Å². The van der Waals surface area contributed by atoms with Gasteiger partial charge in [-0.1, -0.05) is 127 Å². The highest BCUT2D eigenvalue weighted by Gasteiger charge is 2.15. The standard InChI is InChI=1S/C44H78O7/c1-4-7-10-13-16-17-18-19-20-21-22-23-24-25-28-33-42(46)50-39-41(38-45)40-51-43(47)34-29-30-35-44(48-36-31-26-14-11-8-5-2)49-37-32-27-15-12-9-6-3/h14-17,19-20,26-27,41,44-45H,4-13,18,21-25,28-40H2,1-3H3/b17-16-,20-19-,26-14-,27-15-. The number of esters is 2. The highest BCUT2D eigenvalue weighted by atomic mass is 16.7. The fraction of sp³-hybridized carbons (Fsp3) is 0.773. The molecule has 0 aromatic heterocycles. The molecule has 0 aliphatic carbocycles. The Morgan fingerprint density at radius 3 is 1.47 bits per heavy atom. The minimum absolute atomic E-state index is 0.0404. The van der Waals surface area contributed by atoms with Crippen molar-refractivity contribution in [2.75, 3.05) is 33.0 Å². The first-order chi connectivity index (χ1) is 25.1. The number of hydrogen-bond donors (Lipinski definition) is 1. The van der Waals surface area contributed by atoms with Crippen molar-refractivity contribution in [3.63, 3.8) is 0 Å². The van der Waals surface area contributed by atoms with Crippen LogP contribution in [0.5, 0.6) is 0 Å². The summed E-state index contributed by atoms with van der Waals surface area (Å²) in [5.41, 5.74) is 0. The van der Waals surface area contributed by atoms with E-state index in [4.69, 9.17) is 18.9 Å². The first-order valence-corrected chi connectivity index (χ1v) is 20.8. The van der Waals surface area contributed by atoms with Crippen LogP contribution in [0.2, 0.25) is 0 Å². The van der Waals surface area contributed by atoms with E-state index in [0.717, 1.165) is 70.6 Å². The summed E-state index contributed by atoms with van der Waals surface area (Å²) >= 11 is 0. The number of aliphatic hydroxyl groups excluding tert-OH is 1. The van der Waals surface area contributed by atoms with Gasteiger partial charge in [-0.3, -0.25) is 9.59 Å². The van der Waals surface area contributed by atoms with Crippen LogP contribution in [0.1, 0.15) is 175 Å². The number of ether oxygens (including phenoxy) is 4. The molecule has 51 heavy (non-hydrogen) atoms. The molecule has 1 atom stereocenters. The van der Waals surface area contributed by atoms with E-state index < -0.39 is 5.92 Å². The van der Waals surface area contributed by atoms with Gasteiger partial charge in [0.25, 0.3) is 0 Å². The Morgan fingerprint density at radius 1 is 0.510 bits per heavy atom. The summed E-state index contributed by atoms with van der Waals surface area (Å²) < 4.78 is 22.8. The second kappa shape index (κ2) is 40.5. The summed E-state index contributed by atoms with van der Waals surface area (Å²) in [6.45, 7) is 7.75. The van der Waals surface area contributed by atoms with Crippen molar-refractivity contribution >= 4 is 11.9 Å². The third-order valence-corrected chi connectivity index (χ3v) is 8.58. The van der Waals surface area contributed by atoms with Crippen LogP contribution >= 0.6 is 0 Å². The topological polar surface area (TPSA) is 91.3 Å². The maximum Gasteiger partial charge on any atom is 0.305 e. The van der Waals surface area contributed by atoms with Gasteiger partial charge in [0.2, 0.25) is 0 Å². The largest absolute Gasteiger partial charge is 0.465 e. The van der Waals surface area contributed by atoms with Crippen molar-refractivity contribution in [1.82, 2.24) is 0 Å². The van der Waals surface area contributed by atoms with Crippen LogP contribution < -0.4 is 0 Å². The predicted molar refractivity (Wildman–Crippen MR) is 213 cm³/mol. The van der Waals surface area contributed by atoms with E-state index in [1.54, 1.807) is 0 Å². The Labute approximate surface area is 313 Å². The van der Waals surface area contributed by atoms with E-state index >= 15 is 0 Å². The van der Waals surface area contributed by atoms with Crippen LogP contribution in [0.25, 0.3) is 0 Å². The van der Waals surface area contributed by atoms with Gasteiger partial charge in [-0.05, 0) is 83.5 Å².